The van der Waals surface area contributed by atoms with Crippen molar-refractivity contribution in [2.24, 2.45) is 0 Å². The van der Waals surface area contributed by atoms with Gasteiger partial charge in [-0.1, -0.05) is 6.08 Å². The Hall–Kier alpha value is -3.08. The summed E-state index contributed by atoms with van der Waals surface area (Å²) in [4.78, 5) is 12.6. The van der Waals surface area contributed by atoms with E-state index in [0.717, 1.165) is 29.6 Å². The van der Waals surface area contributed by atoms with E-state index in [4.69, 9.17) is 4.42 Å². The van der Waals surface area contributed by atoms with Crippen LogP contribution in [0.25, 0.3) is 27.9 Å². The van der Waals surface area contributed by atoms with E-state index in [1.165, 1.54) is 17.7 Å². The van der Waals surface area contributed by atoms with Gasteiger partial charge in [0.1, 0.15) is 17.2 Å². The van der Waals surface area contributed by atoms with Gasteiger partial charge in [0.15, 0.2) is 0 Å². The molecular weight excluding hydrogens is 331 g/mol. The second-order valence-electron chi connectivity index (χ2n) is 6.39. The molecule has 0 radical (unpaired) electrons. The van der Waals surface area contributed by atoms with Crippen LogP contribution < -0.4 is 10.6 Å². The van der Waals surface area contributed by atoms with Crippen LogP contribution in [0.4, 0.5) is 10.1 Å². The number of fused-ring (bicyclic) bond motifs is 2. The third kappa shape index (κ3) is 2.65. The van der Waals surface area contributed by atoms with Gasteiger partial charge in [-0.3, -0.25) is 4.79 Å². The zero-order valence-electron chi connectivity index (χ0n) is 14.7. The smallest absolute Gasteiger partial charge is 0.255 e. The first-order valence-corrected chi connectivity index (χ1v) is 8.58. The second-order valence-corrected chi connectivity index (χ2v) is 6.39. The van der Waals surface area contributed by atoms with Crippen LogP contribution in [-0.2, 0) is 0 Å². The molecule has 0 saturated heterocycles. The minimum absolute atomic E-state index is 0.230. The first-order chi connectivity index (χ1) is 12.6. The number of hydrogen-bond acceptors (Lipinski definition) is 3. The lowest BCUT2D eigenvalue weighted by Gasteiger charge is -2.09. The molecule has 3 aromatic rings. The first kappa shape index (κ1) is 16.4. The van der Waals surface area contributed by atoms with Crippen LogP contribution in [0.15, 0.2) is 46.9 Å². The fourth-order valence-corrected chi connectivity index (χ4v) is 3.38. The zero-order valence-corrected chi connectivity index (χ0v) is 14.7. The summed E-state index contributed by atoms with van der Waals surface area (Å²) < 4.78 is 19.3. The summed E-state index contributed by atoms with van der Waals surface area (Å²) >= 11 is 0. The third-order valence-electron chi connectivity index (χ3n) is 4.72. The van der Waals surface area contributed by atoms with Gasteiger partial charge in [0, 0.05) is 41.9 Å². The Labute approximate surface area is 150 Å². The van der Waals surface area contributed by atoms with E-state index in [9.17, 15) is 9.18 Å². The first-order valence-electron chi connectivity index (χ1n) is 8.58. The van der Waals surface area contributed by atoms with Crippen LogP contribution in [0.5, 0.6) is 0 Å². The molecule has 2 heterocycles. The van der Waals surface area contributed by atoms with E-state index in [-0.39, 0.29) is 11.7 Å². The van der Waals surface area contributed by atoms with Gasteiger partial charge in [-0.2, -0.15) is 0 Å². The number of hydrogen-bond donors (Lipinski definition) is 2. The Morgan fingerprint density at radius 3 is 2.73 bits per heavy atom. The van der Waals surface area contributed by atoms with Crippen LogP contribution >= 0.6 is 0 Å². The van der Waals surface area contributed by atoms with Crippen molar-refractivity contribution >= 4 is 28.1 Å². The van der Waals surface area contributed by atoms with Gasteiger partial charge in [-0.15, -0.1) is 0 Å². The molecule has 0 saturated carbocycles. The molecule has 132 valence electrons. The Morgan fingerprint density at radius 1 is 1.23 bits per heavy atom. The Kier molecular flexibility index (Phi) is 3.99. The van der Waals surface area contributed by atoms with Crippen molar-refractivity contribution in [2.45, 2.75) is 13.3 Å². The highest BCUT2D eigenvalue weighted by atomic mass is 19.1. The molecule has 2 N–H and O–H groups in total. The molecule has 1 aliphatic rings. The van der Waals surface area contributed by atoms with Crippen molar-refractivity contribution < 1.29 is 13.6 Å². The summed E-state index contributed by atoms with van der Waals surface area (Å²) in [6.45, 7) is 2.92. The molecule has 0 unspecified atom stereocenters. The third-order valence-corrected chi connectivity index (χ3v) is 4.72. The standard InChI is InChI=1S/C21H19FN2O2/c1-12-4-3-9-24-17-11-18-16(10-15(12)17)19(21(25)23-2)20(26-18)13-5-7-14(22)8-6-13/h4-8,10-11,24H,3,9H2,1-2H3,(H,23,25). The quantitative estimate of drug-likeness (QED) is 0.697. The van der Waals surface area contributed by atoms with Crippen molar-refractivity contribution in [1.82, 2.24) is 5.32 Å². The average molecular weight is 350 g/mol. The Balaban J connectivity index is 2.01. The van der Waals surface area contributed by atoms with Crippen LogP contribution in [0.2, 0.25) is 0 Å². The van der Waals surface area contributed by atoms with Crippen LogP contribution in [0.3, 0.4) is 0 Å². The molecular formula is C21H19FN2O2. The van der Waals surface area contributed by atoms with E-state index >= 15 is 0 Å². The van der Waals surface area contributed by atoms with Gasteiger partial charge in [-0.05, 0) is 49.2 Å². The molecule has 1 aromatic heterocycles. The SMILES string of the molecule is CNC(=O)c1c(-c2ccc(F)cc2)oc2cc3c(cc12)C(C)=CCCN3. The van der Waals surface area contributed by atoms with Crippen LogP contribution in [0.1, 0.15) is 29.3 Å². The van der Waals surface area contributed by atoms with E-state index in [2.05, 4.69) is 23.6 Å². The second kappa shape index (κ2) is 6.33. The van der Waals surface area contributed by atoms with Crippen molar-refractivity contribution in [3.8, 4) is 11.3 Å². The number of halogens is 1. The fraction of sp³-hybridized carbons (Fsp3) is 0.190. The molecule has 0 bridgehead atoms. The lowest BCUT2D eigenvalue weighted by atomic mass is 9.99. The predicted molar refractivity (Wildman–Crippen MR) is 102 cm³/mol. The number of furan rings is 1. The summed E-state index contributed by atoms with van der Waals surface area (Å²) in [7, 11) is 1.59. The van der Waals surface area contributed by atoms with Crippen molar-refractivity contribution in [3.05, 3.63) is 59.4 Å². The topological polar surface area (TPSA) is 54.3 Å². The summed E-state index contributed by atoms with van der Waals surface area (Å²) in [6, 6.07) is 9.89. The maximum Gasteiger partial charge on any atom is 0.255 e. The highest BCUT2D eigenvalue weighted by molar-refractivity contribution is 6.12. The maximum atomic E-state index is 13.3. The van der Waals surface area contributed by atoms with Crippen molar-refractivity contribution in [1.29, 1.82) is 0 Å². The number of rotatable bonds is 2. The monoisotopic (exact) mass is 350 g/mol. The minimum Gasteiger partial charge on any atom is -0.455 e. The number of allylic oxidation sites excluding steroid dienone is 1. The lowest BCUT2D eigenvalue weighted by Crippen LogP contribution is -2.18. The van der Waals surface area contributed by atoms with E-state index < -0.39 is 0 Å². The molecule has 4 rings (SSSR count). The molecule has 2 aromatic carbocycles. The zero-order chi connectivity index (χ0) is 18.3. The minimum atomic E-state index is -0.331. The van der Waals surface area contributed by atoms with Crippen LogP contribution in [-0.4, -0.2) is 19.5 Å². The van der Waals surface area contributed by atoms with Crippen LogP contribution in [0, 0.1) is 5.82 Å². The van der Waals surface area contributed by atoms with Gasteiger partial charge >= 0.3 is 0 Å². The summed E-state index contributed by atoms with van der Waals surface area (Å²) in [5, 5.41) is 6.84. The summed E-state index contributed by atoms with van der Waals surface area (Å²) in [6.07, 6.45) is 3.14. The van der Waals surface area contributed by atoms with Gasteiger partial charge in [0.25, 0.3) is 5.91 Å². The summed E-state index contributed by atoms with van der Waals surface area (Å²) in [5.74, 6) is -0.115. The highest BCUT2D eigenvalue weighted by Gasteiger charge is 2.23. The van der Waals surface area contributed by atoms with E-state index in [0.29, 0.717) is 22.5 Å². The molecule has 26 heavy (non-hydrogen) atoms. The largest absolute Gasteiger partial charge is 0.455 e. The number of amides is 1. The van der Waals surface area contributed by atoms with Gasteiger partial charge < -0.3 is 15.1 Å². The fourth-order valence-electron chi connectivity index (χ4n) is 3.38. The van der Waals surface area contributed by atoms with Gasteiger partial charge in [-0.25, -0.2) is 4.39 Å². The molecule has 5 heteroatoms. The number of anilines is 1. The van der Waals surface area contributed by atoms with Gasteiger partial charge in [0.05, 0.1) is 5.56 Å². The maximum absolute atomic E-state index is 13.3. The van der Waals surface area contributed by atoms with Crippen molar-refractivity contribution in [2.75, 3.05) is 18.9 Å². The number of carbonyl (C=O) groups excluding carboxylic acids is 1. The number of nitrogens with one attached hydrogen (secondary N) is 2. The molecule has 0 fully saturated rings. The summed E-state index contributed by atoms with van der Waals surface area (Å²) in [5.41, 5.74) is 4.98. The molecule has 0 aliphatic carbocycles. The van der Waals surface area contributed by atoms with Gasteiger partial charge in [0.2, 0.25) is 0 Å². The molecule has 1 aliphatic heterocycles. The molecule has 1 amide bonds. The Morgan fingerprint density at radius 2 is 2.00 bits per heavy atom. The Bertz CT molecular complexity index is 1030. The lowest BCUT2D eigenvalue weighted by molar-refractivity contribution is 0.0964. The number of benzene rings is 2. The molecule has 4 nitrogen and oxygen atoms in total. The normalized spacial score (nSPS) is 13.6. The van der Waals surface area contributed by atoms with E-state index in [1.807, 2.05) is 12.1 Å². The predicted octanol–water partition coefficient (Wildman–Crippen LogP) is 4.82. The van der Waals surface area contributed by atoms with E-state index in [1.54, 1.807) is 19.2 Å². The van der Waals surface area contributed by atoms with Crippen molar-refractivity contribution in [3.63, 3.8) is 0 Å². The number of carbonyl (C=O) groups is 1. The molecule has 0 spiro atoms. The molecule has 0 atom stereocenters. The average Bonchev–Trinajstić information content (AvgIpc) is 2.92. The highest BCUT2D eigenvalue weighted by Crippen LogP contribution is 2.38.